The van der Waals surface area contributed by atoms with E-state index in [-0.39, 0.29) is 0 Å². The Morgan fingerprint density at radius 1 is 1.39 bits per heavy atom. The lowest BCUT2D eigenvalue weighted by atomic mass is 9.92. The van der Waals surface area contributed by atoms with E-state index in [9.17, 15) is 9.59 Å². The molecule has 1 saturated heterocycles. The molecule has 1 atom stereocenters. The van der Waals surface area contributed by atoms with E-state index in [0.29, 0.717) is 22.9 Å². The predicted octanol–water partition coefficient (Wildman–Crippen LogP) is 1.79. The summed E-state index contributed by atoms with van der Waals surface area (Å²) in [6.07, 6.45) is 0. The van der Waals surface area contributed by atoms with Crippen LogP contribution in [-0.2, 0) is 10.3 Å². The Hall–Kier alpha value is -1.75. The second-order valence-corrected chi connectivity index (χ2v) is 4.52. The molecule has 0 aliphatic carbocycles. The fraction of sp³-hybridized carbons (Fsp3) is 0.333. The van der Waals surface area contributed by atoms with Gasteiger partial charge in [0.05, 0.1) is 11.6 Å². The van der Waals surface area contributed by atoms with Crippen molar-refractivity contribution in [2.45, 2.75) is 19.4 Å². The average Bonchev–Trinajstić information content (AvgIpc) is 2.57. The first-order chi connectivity index (χ1) is 8.47. The normalized spacial score (nSPS) is 22.6. The molecule has 1 aliphatic rings. The van der Waals surface area contributed by atoms with Gasteiger partial charge in [0, 0.05) is 0 Å². The monoisotopic (exact) mass is 268 g/mol. The van der Waals surface area contributed by atoms with Crippen LogP contribution in [0.25, 0.3) is 0 Å². The van der Waals surface area contributed by atoms with Crippen LogP contribution in [0.4, 0.5) is 4.79 Å². The zero-order valence-electron chi connectivity index (χ0n) is 10.0. The van der Waals surface area contributed by atoms with Gasteiger partial charge in [0.2, 0.25) is 0 Å². The number of benzene rings is 1. The van der Waals surface area contributed by atoms with E-state index in [1.165, 1.54) is 0 Å². The fourth-order valence-electron chi connectivity index (χ4n) is 1.83. The number of hydrogen-bond acceptors (Lipinski definition) is 3. The maximum Gasteiger partial charge on any atom is 0.322 e. The summed E-state index contributed by atoms with van der Waals surface area (Å²) in [6, 6.07) is 4.51. The third-order valence-corrected chi connectivity index (χ3v) is 3.15. The van der Waals surface area contributed by atoms with E-state index in [1.807, 2.05) is 6.92 Å². The van der Waals surface area contributed by atoms with Gasteiger partial charge >= 0.3 is 6.03 Å². The van der Waals surface area contributed by atoms with Gasteiger partial charge in [-0.15, -0.1) is 0 Å². The number of carbonyl (C=O) groups excluding carboxylic acids is 2. The smallest absolute Gasteiger partial charge is 0.322 e. The van der Waals surface area contributed by atoms with Crippen molar-refractivity contribution in [2.24, 2.45) is 0 Å². The Kier molecular flexibility index (Phi) is 3.17. The van der Waals surface area contributed by atoms with Gasteiger partial charge < -0.3 is 10.1 Å². The van der Waals surface area contributed by atoms with Crippen molar-refractivity contribution in [3.63, 3.8) is 0 Å². The maximum atomic E-state index is 11.8. The lowest BCUT2D eigenvalue weighted by Gasteiger charge is -2.21. The molecule has 1 aromatic carbocycles. The molecular formula is C12H13ClN2O3. The maximum absolute atomic E-state index is 11.8. The van der Waals surface area contributed by atoms with Crippen molar-refractivity contribution in [1.29, 1.82) is 0 Å². The van der Waals surface area contributed by atoms with Crippen LogP contribution in [0.15, 0.2) is 18.2 Å². The van der Waals surface area contributed by atoms with E-state index in [0.717, 1.165) is 0 Å². The van der Waals surface area contributed by atoms with Crippen molar-refractivity contribution in [2.75, 3.05) is 6.61 Å². The van der Waals surface area contributed by atoms with Gasteiger partial charge in [0.15, 0.2) is 0 Å². The minimum Gasteiger partial charge on any atom is -0.492 e. The summed E-state index contributed by atoms with van der Waals surface area (Å²) in [7, 11) is 0. The lowest BCUT2D eigenvalue weighted by Crippen LogP contribution is -2.40. The van der Waals surface area contributed by atoms with Crippen molar-refractivity contribution < 1.29 is 14.3 Å². The second-order valence-electron chi connectivity index (χ2n) is 4.11. The van der Waals surface area contributed by atoms with Crippen LogP contribution in [0.3, 0.4) is 0 Å². The highest BCUT2D eigenvalue weighted by molar-refractivity contribution is 6.32. The highest BCUT2D eigenvalue weighted by Gasteiger charge is 2.43. The van der Waals surface area contributed by atoms with Crippen LogP contribution in [0.2, 0.25) is 5.02 Å². The molecule has 1 unspecified atom stereocenters. The number of nitrogens with one attached hydrogen (secondary N) is 2. The van der Waals surface area contributed by atoms with Crippen LogP contribution in [0.5, 0.6) is 5.75 Å². The molecule has 1 aromatic rings. The number of halogens is 1. The summed E-state index contributed by atoms with van der Waals surface area (Å²) in [5.41, 5.74) is -0.481. The van der Waals surface area contributed by atoms with Gasteiger partial charge in [0.1, 0.15) is 11.3 Å². The molecule has 0 saturated carbocycles. The third-order valence-electron chi connectivity index (χ3n) is 2.85. The summed E-state index contributed by atoms with van der Waals surface area (Å²) in [6.45, 7) is 3.99. The van der Waals surface area contributed by atoms with Gasteiger partial charge in [-0.25, -0.2) is 4.79 Å². The van der Waals surface area contributed by atoms with Crippen LogP contribution >= 0.6 is 11.6 Å². The summed E-state index contributed by atoms with van der Waals surface area (Å²) in [4.78, 5) is 23.0. The van der Waals surface area contributed by atoms with E-state index < -0.39 is 17.5 Å². The molecule has 0 spiro atoms. The molecule has 3 amide bonds. The topological polar surface area (TPSA) is 67.4 Å². The molecule has 1 fully saturated rings. The molecule has 96 valence electrons. The zero-order valence-corrected chi connectivity index (χ0v) is 10.8. The Bertz CT molecular complexity index is 518. The summed E-state index contributed by atoms with van der Waals surface area (Å²) >= 11 is 6.06. The van der Waals surface area contributed by atoms with Crippen LogP contribution in [-0.4, -0.2) is 18.5 Å². The highest BCUT2D eigenvalue weighted by Crippen LogP contribution is 2.31. The Morgan fingerprint density at radius 3 is 2.61 bits per heavy atom. The van der Waals surface area contributed by atoms with Crippen molar-refractivity contribution in [3.05, 3.63) is 28.8 Å². The zero-order chi connectivity index (χ0) is 13.3. The molecule has 0 radical (unpaired) electrons. The largest absolute Gasteiger partial charge is 0.492 e. The van der Waals surface area contributed by atoms with Crippen LogP contribution in [0, 0.1) is 0 Å². The lowest BCUT2D eigenvalue weighted by molar-refractivity contribution is -0.123. The quantitative estimate of drug-likeness (QED) is 0.822. The predicted molar refractivity (Wildman–Crippen MR) is 66.6 cm³/mol. The Balaban J connectivity index is 2.37. The highest BCUT2D eigenvalue weighted by atomic mass is 35.5. The third kappa shape index (κ3) is 2.01. The SMILES string of the molecule is CCOc1ccc(C2(C)NC(=O)NC2=O)cc1Cl. The van der Waals surface area contributed by atoms with Crippen LogP contribution in [0.1, 0.15) is 19.4 Å². The van der Waals surface area contributed by atoms with Crippen molar-refractivity contribution >= 4 is 23.5 Å². The van der Waals surface area contributed by atoms with E-state index in [2.05, 4.69) is 10.6 Å². The summed E-state index contributed by atoms with van der Waals surface area (Å²) < 4.78 is 5.32. The molecule has 2 rings (SSSR count). The summed E-state index contributed by atoms with van der Waals surface area (Å²) in [5, 5.41) is 5.18. The van der Waals surface area contributed by atoms with Gasteiger partial charge in [-0.05, 0) is 31.5 Å². The van der Waals surface area contributed by atoms with Gasteiger partial charge in [0.25, 0.3) is 5.91 Å². The number of ether oxygens (including phenoxy) is 1. The van der Waals surface area contributed by atoms with Crippen LogP contribution < -0.4 is 15.4 Å². The number of imide groups is 1. The van der Waals surface area contributed by atoms with Gasteiger partial charge in [-0.1, -0.05) is 17.7 Å². The standard InChI is InChI=1S/C12H13ClN2O3/c1-3-18-9-5-4-7(6-8(9)13)12(2)10(16)14-11(17)15-12/h4-6H,3H2,1-2H3,(H2,14,15,16,17). The van der Waals surface area contributed by atoms with E-state index in [4.69, 9.17) is 16.3 Å². The van der Waals surface area contributed by atoms with Gasteiger partial charge in [-0.3, -0.25) is 10.1 Å². The summed E-state index contributed by atoms with van der Waals surface area (Å²) in [5.74, 6) is 0.156. The minimum atomic E-state index is -1.09. The molecular weight excluding hydrogens is 256 g/mol. The number of urea groups is 1. The van der Waals surface area contributed by atoms with Crippen molar-refractivity contribution in [1.82, 2.24) is 10.6 Å². The van der Waals surface area contributed by atoms with Gasteiger partial charge in [-0.2, -0.15) is 0 Å². The Morgan fingerprint density at radius 2 is 2.11 bits per heavy atom. The molecule has 6 heteroatoms. The molecule has 5 nitrogen and oxygen atoms in total. The molecule has 2 N–H and O–H groups in total. The first-order valence-corrected chi connectivity index (χ1v) is 5.91. The first-order valence-electron chi connectivity index (χ1n) is 5.54. The first kappa shape index (κ1) is 12.7. The molecule has 1 heterocycles. The van der Waals surface area contributed by atoms with E-state index in [1.54, 1.807) is 25.1 Å². The minimum absolute atomic E-state index is 0.396. The Labute approximate surface area is 109 Å². The molecule has 18 heavy (non-hydrogen) atoms. The number of hydrogen-bond donors (Lipinski definition) is 2. The fourth-order valence-corrected chi connectivity index (χ4v) is 2.07. The number of amides is 3. The van der Waals surface area contributed by atoms with E-state index >= 15 is 0 Å². The molecule has 0 aromatic heterocycles. The number of rotatable bonds is 3. The average molecular weight is 269 g/mol. The molecule has 0 bridgehead atoms. The number of carbonyl (C=O) groups is 2. The molecule has 1 aliphatic heterocycles. The second kappa shape index (κ2) is 4.49. The van der Waals surface area contributed by atoms with Crippen molar-refractivity contribution in [3.8, 4) is 5.75 Å².